The lowest BCUT2D eigenvalue weighted by Gasteiger charge is -2.37. The van der Waals surface area contributed by atoms with Gasteiger partial charge in [0.2, 0.25) is 0 Å². The topological polar surface area (TPSA) is 74.7 Å². The minimum Gasteiger partial charge on any atom is -0.389 e. The Morgan fingerprint density at radius 3 is 2.50 bits per heavy atom. The second-order valence-corrected chi connectivity index (χ2v) is 10.4. The summed E-state index contributed by atoms with van der Waals surface area (Å²) < 4.78 is 17.2. The maximum absolute atomic E-state index is 13.4. The fourth-order valence-electron chi connectivity index (χ4n) is 4.24. The highest BCUT2D eigenvalue weighted by atomic mass is 16.5. The zero-order valence-electron chi connectivity index (χ0n) is 21.4. The maximum Gasteiger partial charge on any atom is 0.253 e. The van der Waals surface area contributed by atoms with Crippen LogP contribution in [0.1, 0.15) is 36.7 Å². The number of aliphatic hydroxyl groups excluding tert-OH is 1. The van der Waals surface area contributed by atoms with Crippen LogP contribution in [-0.2, 0) is 14.2 Å². The summed E-state index contributed by atoms with van der Waals surface area (Å²) >= 11 is 0. The molecule has 8 nitrogen and oxygen atoms in total. The van der Waals surface area contributed by atoms with E-state index in [1.807, 2.05) is 56.9 Å². The van der Waals surface area contributed by atoms with Gasteiger partial charge in [0.15, 0.2) is 0 Å². The molecule has 2 atom stereocenters. The van der Waals surface area contributed by atoms with Crippen LogP contribution in [0.2, 0.25) is 0 Å². The third kappa shape index (κ3) is 9.24. The SMILES string of the molecule is Cc1ccc(C(=O)N(CCN2CCOCC2)C[C@@H]2CN(C[C@H](O)COC(C)(C)C)CCO2)cc1. The lowest BCUT2D eigenvalue weighted by molar-refractivity contribution is -0.0783. The summed E-state index contributed by atoms with van der Waals surface area (Å²) in [5, 5.41) is 10.4. The van der Waals surface area contributed by atoms with Gasteiger partial charge in [0.25, 0.3) is 5.91 Å². The number of amides is 1. The highest BCUT2D eigenvalue weighted by Gasteiger charge is 2.27. The van der Waals surface area contributed by atoms with E-state index in [4.69, 9.17) is 14.2 Å². The van der Waals surface area contributed by atoms with Gasteiger partial charge in [0.1, 0.15) is 0 Å². The number of morpholine rings is 2. The molecule has 34 heavy (non-hydrogen) atoms. The quantitative estimate of drug-likeness (QED) is 0.549. The van der Waals surface area contributed by atoms with Gasteiger partial charge in [0.05, 0.1) is 44.2 Å². The van der Waals surface area contributed by atoms with Crippen molar-refractivity contribution < 1.29 is 24.1 Å². The molecule has 0 unspecified atom stereocenters. The Bertz CT molecular complexity index is 746. The average molecular weight is 478 g/mol. The number of aliphatic hydroxyl groups is 1. The summed E-state index contributed by atoms with van der Waals surface area (Å²) in [5.41, 5.74) is 1.57. The molecule has 2 aliphatic heterocycles. The Balaban J connectivity index is 1.58. The number of benzene rings is 1. The molecule has 1 N–H and O–H groups in total. The molecule has 1 amide bonds. The van der Waals surface area contributed by atoms with Crippen LogP contribution in [0, 0.1) is 6.92 Å². The Hall–Kier alpha value is -1.55. The summed E-state index contributed by atoms with van der Waals surface area (Å²) in [6.07, 6.45) is -0.645. The Morgan fingerprint density at radius 2 is 1.82 bits per heavy atom. The fourth-order valence-corrected chi connectivity index (χ4v) is 4.24. The summed E-state index contributed by atoms with van der Waals surface area (Å²) in [5.74, 6) is 0.0348. The number of aryl methyl sites for hydroxylation is 1. The summed E-state index contributed by atoms with van der Waals surface area (Å²) in [6.45, 7) is 16.2. The van der Waals surface area contributed by atoms with Gasteiger partial charge < -0.3 is 24.2 Å². The molecule has 0 aromatic heterocycles. The minimum absolute atomic E-state index is 0.0348. The van der Waals surface area contributed by atoms with Crippen LogP contribution in [0.4, 0.5) is 0 Å². The van der Waals surface area contributed by atoms with Crippen molar-refractivity contribution in [2.45, 2.75) is 45.5 Å². The first-order chi connectivity index (χ1) is 16.2. The maximum atomic E-state index is 13.4. The molecule has 192 valence electrons. The van der Waals surface area contributed by atoms with Gasteiger partial charge in [-0.3, -0.25) is 14.6 Å². The molecule has 0 saturated carbocycles. The van der Waals surface area contributed by atoms with Crippen LogP contribution < -0.4 is 0 Å². The molecule has 2 heterocycles. The van der Waals surface area contributed by atoms with E-state index in [1.54, 1.807) is 0 Å². The first-order valence-corrected chi connectivity index (χ1v) is 12.5. The molecule has 0 spiro atoms. The van der Waals surface area contributed by atoms with Crippen molar-refractivity contribution in [1.82, 2.24) is 14.7 Å². The van der Waals surface area contributed by atoms with E-state index in [9.17, 15) is 9.90 Å². The van der Waals surface area contributed by atoms with Crippen molar-refractivity contribution >= 4 is 5.91 Å². The molecule has 1 aromatic carbocycles. The van der Waals surface area contributed by atoms with E-state index >= 15 is 0 Å². The minimum atomic E-state index is -0.551. The van der Waals surface area contributed by atoms with Crippen molar-refractivity contribution in [3.63, 3.8) is 0 Å². The normalized spacial score (nSPS) is 21.4. The van der Waals surface area contributed by atoms with Crippen LogP contribution in [0.5, 0.6) is 0 Å². The van der Waals surface area contributed by atoms with Gasteiger partial charge in [-0.15, -0.1) is 0 Å². The van der Waals surface area contributed by atoms with Crippen LogP contribution in [0.25, 0.3) is 0 Å². The van der Waals surface area contributed by atoms with Gasteiger partial charge in [-0.05, 0) is 39.8 Å². The van der Waals surface area contributed by atoms with Gasteiger partial charge in [-0.1, -0.05) is 17.7 Å². The summed E-state index contributed by atoms with van der Waals surface area (Å²) in [4.78, 5) is 19.9. The lowest BCUT2D eigenvalue weighted by Crippen LogP contribution is -2.52. The molecule has 2 fully saturated rings. The largest absolute Gasteiger partial charge is 0.389 e. The molecule has 1 aromatic rings. The van der Waals surface area contributed by atoms with Crippen molar-refractivity contribution in [2.24, 2.45) is 0 Å². The highest BCUT2D eigenvalue weighted by Crippen LogP contribution is 2.14. The first kappa shape index (κ1) is 27.0. The van der Waals surface area contributed by atoms with E-state index in [2.05, 4.69) is 9.80 Å². The van der Waals surface area contributed by atoms with E-state index in [1.165, 1.54) is 0 Å². The number of nitrogens with zero attached hydrogens (tertiary/aromatic N) is 3. The van der Waals surface area contributed by atoms with E-state index in [0.29, 0.717) is 45.0 Å². The molecular weight excluding hydrogens is 434 g/mol. The van der Waals surface area contributed by atoms with Crippen molar-refractivity contribution in [3.05, 3.63) is 35.4 Å². The standard InChI is InChI=1S/C26H43N3O5/c1-21-5-7-22(8-6-21)25(31)29(10-9-27-11-14-32-15-12-27)19-24-18-28(13-16-33-24)17-23(30)20-34-26(2,3)4/h5-8,23-24,30H,9-20H2,1-4H3/t23-,24-/m0/s1. The predicted octanol–water partition coefficient (Wildman–Crippen LogP) is 1.65. The zero-order chi connectivity index (χ0) is 24.6. The average Bonchev–Trinajstić information content (AvgIpc) is 2.81. The number of rotatable bonds is 10. The van der Waals surface area contributed by atoms with Crippen LogP contribution in [0.3, 0.4) is 0 Å². The first-order valence-electron chi connectivity index (χ1n) is 12.5. The van der Waals surface area contributed by atoms with E-state index < -0.39 is 6.10 Å². The molecule has 2 aliphatic rings. The Morgan fingerprint density at radius 1 is 1.15 bits per heavy atom. The molecular formula is C26H43N3O5. The predicted molar refractivity (Wildman–Crippen MR) is 132 cm³/mol. The number of carbonyl (C=O) groups is 1. The monoisotopic (exact) mass is 477 g/mol. The second kappa shape index (κ2) is 13.0. The summed E-state index contributed by atoms with van der Waals surface area (Å²) in [7, 11) is 0. The Labute approximate surface area is 204 Å². The van der Waals surface area contributed by atoms with Crippen LogP contribution >= 0.6 is 0 Å². The van der Waals surface area contributed by atoms with Crippen molar-refractivity contribution in [2.75, 3.05) is 78.8 Å². The van der Waals surface area contributed by atoms with E-state index in [-0.39, 0.29) is 17.6 Å². The van der Waals surface area contributed by atoms with Gasteiger partial charge in [-0.25, -0.2) is 0 Å². The molecule has 2 saturated heterocycles. The molecule has 3 rings (SSSR count). The number of hydrogen-bond donors (Lipinski definition) is 1. The molecule has 0 aliphatic carbocycles. The van der Waals surface area contributed by atoms with Crippen molar-refractivity contribution in [3.8, 4) is 0 Å². The smallest absolute Gasteiger partial charge is 0.253 e. The number of carbonyl (C=O) groups excluding carboxylic acids is 1. The van der Waals surface area contributed by atoms with Crippen LogP contribution in [0.15, 0.2) is 24.3 Å². The van der Waals surface area contributed by atoms with Crippen molar-refractivity contribution in [1.29, 1.82) is 0 Å². The third-order valence-corrected chi connectivity index (χ3v) is 6.20. The van der Waals surface area contributed by atoms with Gasteiger partial charge in [-0.2, -0.15) is 0 Å². The number of hydrogen-bond acceptors (Lipinski definition) is 7. The summed E-state index contributed by atoms with van der Waals surface area (Å²) in [6, 6.07) is 7.76. The lowest BCUT2D eigenvalue weighted by atomic mass is 10.1. The second-order valence-electron chi connectivity index (χ2n) is 10.4. The van der Waals surface area contributed by atoms with Gasteiger partial charge >= 0.3 is 0 Å². The highest BCUT2D eigenvalue weighted by molar-refractivity contribution is 5.94. The Kier molecular flexibility index (Phi) is 10.3. The fraction of sp³-hybridized carbons (Fsp3) is 0.731. The van der Waals surface area contributed by atoms with E-state index in [0.717, 1.165) is 45.0 Å². The van der Waals surface area contributed by atoms with Crippen LogP contribution in [-0.4, -0.2) is 122 Å². The number of ether oxygens (including phenoxy) is 3. The van der Waals surface area contributed by atoms with Gasteiger partial charge in [0, 0.05) is 57.9 Å². The molecule has 8 heteroatoms. The molecule has 0 bridgehead atoms. The number of β-amino-alcohol motifs (C(OH)–C–C–N with tert-alkyl or cyclic N) is 1. The zero-order valence-corrected chi connectivity index (χ0v) is 21.4. The molecule has 0 radical (unpaired) electrons. The third-order valence-electron chi connectivity index (χ3n) is 6.20.